The van der Waals surface area contributed by atoms with Gasteiger partial charge in [-0.05, 0) is 13.3 Å². The Hall–Kier alpha value is -1.86. The molecular weight excluding hydrogens is 295 g/mol. The van der Waals surface area contributed by atoms with E-state index in [9.17, 15) is 9.36 Å². The number of esters is 1. The molecule has 0 saturated heterocycles. The molecule has 116 valence electrons. The highest BCUT2D eigenvalue weighted by Crippen LogP contribution is 2.50. The summed E-state index contributed by atoms with van der Waals surface area (Å²) < 4.78 is 19.1. The van der Waals surface area contributed by atoms with Crippen molar-refractivity contribution in [3.63, 3.8) is 0 Å². The molecule has 4 heteroatoms. The highest BCUT2D eigenvalue weighted by atomic mass is 31.2. The van der Waals surface area contributed by atoms with Crippen molar-refractivity contribution in [2.75, 3.05) is 6.61 Å². The Morgan fingerprint density at radius 1 is 0.955 bits per heavy atom. The lowest BCUT2D eigenvalue weighted by molar-refractivity contribution is -0.142. The predicted octanol–water partition coefficient (Wildman–Crippen LogP) is 3.34. The van der Waals surface area contributed by atoms with Gasteiger partial charge in [-0.15, -0.1) is 0 Å². The van der Waals surface area contributed by atoms with Gasteiger partial charge in [-0.25, -0.2) is 0 Å². The normalized spacial score (nSPS) is 12.6. The highest BCUT2D eigenvalue weighted by molar-refractivity contribution is 7.80. The summed E-state index contributed by atoms with van der Waals surface area (Å²) in [6.45, 7) is 3.93. The van der Waals surface area contributed by atoms with Crippen LogP contribution in [0, 0.1) is 0 Å². The molecule has 1 unspecified atom stereocenters. The first-order valence-corrected chi connectivity index (χ1v) is 9.29. The van der Waals surface area contributed by atoms with Crippen LogP contribution in [0.15, 0.2) is 60.7 Å². The van der Waals surface area contributed by atoms with Gasteiger partial charge in [0.2, 0.25) is 0 Å². The van der Waals surface area contributed by atoms with Crippen LogP contribution in [0.2, 0.25) is 0 Å². The summed E-state index contributed by atoms with van der Waals surface area (Å²) in [6.07, 6.45) is 0.472. The van der Waals surface area contributed by atoms with E-state index in [1.165, 1.54) is 0 Å². The molecule has 1 atom stereocenters. The fourth-order valence-electron chi connectivity index (χ4n) is 2.62. The molecule has 0 radical (unpaired) electrons. The third-order valence-electron chi connectivity index (χ3n) is 3.66. The molecule has 0 fully saturated rings. The van der Waals surface area contributed by atoms with Gasteiger partial charge in [0.05, 0.1) is 6.61 Å². The minimum absolute atomic E-state index is 0.291. The smallest absolute Gasteiger partial charge is 0.317 e. The van der Waals surface area contributed by atoms with E-state index in [1.807, 2.05) is 67.6 Å². The second-order valence-corrected chi connectivity index (χ2v) is 7.98. The van der Waals surface area contributed by atoms with Gasteiger partial charge < -0.3 is 9.30 Å². The molecule has 0 bridgehead atoms. The molecule has 3 nitrogen and oxygen atoms in total. The Morgan fingerprint density at radius 3 is 1.77 bits per heavy atom. The highest BCUT2D eigenvalue weighted by Gasteiger charge is 2.41. The van der Waals surface area contributed by atoms with Crippen LogP contribution < -0.4 is 10.6 Å². The average molecular weight is 316 g/mol. The van der Waals surface area contributed by atoms with Crippen molar-refractivity contribution in [3.05, 3.63) is 60.7 Å². The predicted molar refractivity (Wildman–Crippen MR) is 90.5 cm³/mol. The molecule has 0 aliphatic rings. The zero-order valence-corrected chi connectivity index (χ0v) is 13.8. The Labute approximate surface area is 131 Å². The van der Waals surface area contributed by atoms with Crippen molar-refractivity contribution in [3.8, 4) is 0 Å². The van der Waals surface area contributed by atoms with E-state index in [0.29, 0.717) is 23.6 Å². The number of hydrogen-bond donors (Lipinski definition) is 0. The van der Waals surface area contributed by atoms with E-state index in [1.54, 1.807) is 6.92 Å². The first-order valence-electron chi connectivity index (χ1n) is 7.52. The van der Waals surface area contributed by atoms with Gasteiger partial charge in [0.15, 0.2) is 7.14 Å². The molecule has 0 aromatic heterocycles. The van der Waals surface area contributed by atoms with Gasteiger partial charge in [-0.3, -0.25) is 4.79 Å². The van der Waals surface area contributed by atoms with Crippen LogP contribution in [0.3, 0.4) is 0 Å². The van der Waals surface area contributed by atoms with Crippen LogP contribution in [-0.2, 0) is 14.1 Å². The summed E-state index contributed by atoms with van der Waals surface area (Å²) >= 11 is 0. The minimum atomic E-state index is -3.09. The first kappa shape index (κ1) is 16.5. The average Bonchev–Trinajstić information content (AvgIpc) is 2.57. The molecule has 2 aromatic carbocycles. The Balaban J connectivity index is 2.60. The number of benzene rings is 2. The molecule has 0 spiro atoms. The topological polar surface area (TPSA) is 43.4 Å². The van der Waals surface area contributed by atoms with Crippen LogP contribution in [0.25, 0.3) is 0 Å². The van der Waals surface area contributed by atoms with Gasteiger partial charge in [0.1, 0.15) is 5.66 Å². The Morgan fingerprint density at radius 2 is 1.41 bits per heavy atom. The third-order valence-corrected chi connectivity index (χ3v) is 7.25. The zero-order valence-electron chi connectivity index (χ0n) is 12.9. The van der Waals surface area contributed by atoms with E-state index < -0.39 is 12.8 Å². The molecule has 0 saturated carbocycles. The van der Waals surface area contributed by atoms with E-state index in [-0.39, 0.29) is 5.97 Å². The Bertz CT molecular complexity index is 609. The van der Waals surface area contributed by atoms with E-state index in [2.05, 4.69) is 0 Å². The quantitative estimate of drug-likeness (QED) is 0.606. The van der Waals surface area contributed by atoms with E-state index in [4.69, 9.17) is 4.74 Å². The second kappa shape index (κ2) is 7.42. The van der Waals surface area contributed by atoms with Crippen molar-refractivity contribution in [2.45, 2.75) is 25.9 Å². The van der Waals surface area contributed by atoms with Gasteiger partial charge in [-0.2, -0.15) is 0 Å². The number of ether oxygens (including phenoxy) is 1. The van der Waals surface area contributed by atoms with Crippen LogP contribution in [0.4, 0.5) is 0 Å². The van der Waals surface area contributed by atoms with Crippen LogP contribution in [-0.4, -0.2) is 18.2 Å². The number of hydrogen-bond acceptors (Lipinski definition) is 3. The third kappa shape index (κ3) is 3.15. The molecule has 0 amide bonds. The Kier molecular flexibility index (Phi) is 5.57. The largest absolute Gasteiger partial charge is 0.465 e. The lowest BCUT2D eigenvalue weighted by Gasteiger charge is -2.26. The molecule has 2 rings (SSSR count). The SMILES string of the molecule is CCOC(=O)C(CC)P(=O)(c1ccccc1)c1ccccc1. The van der Waals surface area contributed by atoms with Crippen LogP contribution in [0.5, 0.6) is 0 Å². The number of rotatable bonds is 6. The van der Waals surface area contributed by atoms with Crippen LogP contribution >= 0.6 is 7.14 Å². The maximum absolute atomic E-state index is 14.0. The summed E-state index contributed by atoms with van der Waals surface area (Å²) in [6, 6.07) is 18.5. The van der Waals surface area contributed by atoms with Gasteiger partial charge in [-0.1, -0.05) is 67.6 Å². The van der Waals surface area contributed by atoms with Crippen molar-refractivity contribution >= 4 is 23.7 Å². The van der Waals surface area contributed by atoms with Crippen molar-refractivity contribution < 1.29 is 14.1 Å². The fraction of sp³-hybridized carbons (Fsp3) is 0.278. The molecule has 0 aliphatic carbocycles. The van der Waals surface area contributed by atoms with E-state index in [0.717, 1.165) is 0 Å². The maximum Gasteiger partial charge on any atom is 0.317 e. The van der Waals surface area contributed by atoms with Gasteiger partial charge in [0, 0.05) is 10.6 Å². The van der Waals surface area contributed by atoms with Crippen LogP contribution in [0.1, 0.15) is 20.3 Å². The summed E-state index contributed by atoms with van der Waals surface area (Å²) in [5, 5.41) is 1.39. The standard InChI is InChI=1S/C18H21O3P/c1-3-17(18(19)21-4-2)22(20,15-11-7-5-8-12-15)16-13-9-6-10-14-16/h5-14,17H,3-4H2,1-2H3. The van der Waals surface area contributed by atoms with Crippen molar-refractivity contribution in [1.82, 2.24) is 0 Å². The lowest BCUT2D eigenvalue weighted by Crippen LogP contribution is -2.32. The van der Waals surface area contributed by atoms with E-state index >= 15 is 0 Å². The molecule has 0 heterocycles. The fourth-order valence-corrected chi connectivity index (χ4v) is 5.75. The van der Waals surface area contributed by atoms with Crippen molar-refractivity contribution in [2.24, 2.45) is 0 Å². The van der Waals surface area contributed by atoms with Crippen molar-refractivity contribution in [1.29, 1.82) is 0 Å². The molecular formula is C18H21O3P. The molecule has 2 aromatic rings. The minimum Gasteiger partial charge on any atom is -0.465 e. The summed E-state index contributed by atoms with van der Waals surface area (Å²) in [5.74, 6) is -0.388. The number of carbonyl (C=O) groups is 1. The second-order valence-electron chi connectivity index (χ2n) is 5.01. The summed E-state index contributed by atoms with van der Waals surface area (Å²) in [7, 11) is -3.09. The zero-order chi connectivity index (χ0) is 16.0. The van der Waals surface area contributed by atoms with Gasteiger partial charge in [0.25, 0.3) is 0 Å². The summed E-state index contributed by atoms with van der Waals surface area (Å²) in [4.78, 5) is 12.4. The number of carbonyl (C=O) groups excluding carboxylic acids is 1. The molecule has 0 N–H and O–H groups in total. The van der Waals surface area contributed by atoms with Gasteiger partial charge >= 0.3 is 5.97 Å². The monoisotopic (exact) mass is 316 g/mol. The maximum atomic E-state index is 14.0. The first-order chi connectivity index (χ1) is 10.6. The molecule has 22 heavy (non-hydrogen) atoms. The lowest BCUT2D eigenvalue weighted by atomic mass is 10.3. The summed E-state index contributed by atoms with van der Waals surface area (Å²) in [5.41, 5.74) is -0.655. The molecule has 0 aliphatic heterocycles.